The third-order valence-corrected chi connectivity index (χ3v) is 2.91. The summed E-state index contributed by atoms with van der Waals surface area (Å²) in [6.45, 7) is 7.02. The Bertz CT molecular complexity index is 495. The van der Waals surface area contributed by atoms with Crippen molar-refractivity contribution in [2.75, 3.05) is 13.1 Å². The molecule has 2 heterocycles. The smallest absolute Gasteiger partial charge is 0.246 e. The summed E-state index contributed by atoms with van der Waals surface area (Å²) in [6, 6.07) is 1.74. The summed E-state index contributed by atoms with van der Waals surface area (Å²) >= 11 is 0. The van der Waals surface area contributed by atoms with E-state index in [4.69, 9.17) is 4.74 Å². The maximum atomic E-state index is 11.9. The zero-order chi connectivity index (χ0) is 13.8. The van der Waals surface area contributed by atoms with E-state index in [2.05, 4.69) is 9.97 Å². The van der Waals surface area contributed by atoms with E-state index in [0.717, 1.165) is 18.5 Å². The molecule has 1 aliphatic heterocycles. The Morgan fingerprint density at radius 2 is 2.32 bits per heavy atom. The van der Waals surface area contributed by atoms with Crippen molar-refractivity contribution < 1.29 is 9.53 Å². The summed E-state index contributed by atoms with van der Waals surface area (Å²) in [4.78, 5) is 21.9. The fourth-order valence-corrected chi connectivity index (χ4v) is 2.03. The van der Waals surface area contributed by atoms with Gasteiger partial charge in [-0.2, -0.15) is 4.98 Å². The molecule has 5 heteroatoms. The molecule has 1 aromatic heterocycles. The standard InChI is InChI=1S/C14H19N3O2/c1-10(2)8-14(18)17-7-5-12(9-17)19-13-4-6-15-11(3)16-13/h4,6,8,12H,5,7,9H2,1-3H3/t12-/m1/s1. The van der Waals surface area contributed by atoms with Crippen LogP contribution in [-0.4, -0.2) is 40.0 Å². The first-order chi connectivity index (χ1) is 9.04. The summed E-state index contributed by atoms with van der Waals surface area (Å²) < 4.78 is 5.78. The van der Waals surface area contributed by atoms with Crippen LogP contribution in [0, 0.1) is 6.92 Å². The highest BCUT2D eigenvalue weighted by Gasteiger charge is 2.26. The maximum absolute atomic E-state index is 11.9. The van der Waals surface area contributed by atoms with E-state index in [1.165, 1.54) is 0 Å². The van der Waals surface area contributed by atoms with Gasteiger partial charge in [0.1, 0.15) is 11.9 Å². The number of amides is 1. The number of hydrogen-bond donors (Lipinski definition) is 0. The van der Waals surface area contributed by atoms with Crippen LogP contribution in [0.15, 0.2) is 23.9 Å². The van der Waals surface area contributed by atoms with Crippen molar-refractivity contribution in [1.29, 1.82) is 0 Å². The van der Waals surface area contributed by atoms with Crippen LogP contribution in [0.2, 0.25) is 0 Å². The summed E-state index contributed by atoms with van der Waals surface area (Å²) in [7, 11) is 0. The first kappa shape index (κ1) is 13.5. The Morgan fingerprint density at radius 3 is 3.00 bits per heavy atom. The molecular weight excluding hydrogens is 242 g/mol. The van der Waals surface area contributed by atoms with Gasteiger partial charge in [-0.15, -0.1) is 0 Å². The highest BCUT2D eigenvalue weighted by atomic mass is 16.5. The molecule has 1 aliphatic rings. The third-order valence-electron chi connectivity index (χ3n) is 2.91. The lowest BCUT2D eigenvalue weighted by molar-refractivity contribution is -0.125. The Hall–Kier alpha value is -1.91. The monoisotopic (exact) mass is 261 g/mol. The van der Waals surface area contributed by atoms with Crippen molar-refractivity contribution >= 4 is 5.91 Å². The fourth-order valence-electron chi connectivity index (χ4n) is 2.03. The minimum Gasteiger partial charge on any atom is -0.472 e. The number of aryl methyl sites for hydroxylation is 1. The lowest BCUT2D eigenvalue weighted by atomic mass is 10.3. The van der Waals surface area contributed by atoms with Gasteiger partial charge in [0.05, 0.1) is 6.54 Å². The zero-order valence-corrected chi connectivity index (χ0v) is 11.6. The van der Waals surface area contributed by atoms with Crippen molar-refractivity contribution in [1.82, 2.24) is 14.9 Å². The lowest BCUT2D eigenvalue weighted by Crippen LogP contribution is -2.29. The number of hydrogen-bond acceptors (Lipinski definition) is 4. The third kappa shape index (κ3) is 3.77. The minimum absolute atomic E-state index is 0.0174. The second-order valence-corrected chi connectivity index (χ2v) is 4.98. The molecule has 102 valence electrons. The van der Waals surface area contributed by atoms with Gasteiger partial charge < -0.3 is 9.64 Å². The van der Waals surface area contributed by atoms with Gasteiger partial charge in [-0.05, 0) is 20.8 Å². The van der Waals surface area contributed by atoms with E-state index >= 15 is 0 Å². The molecule has 0 radical (unpaired) electrons. The van der Waals surface area contributed by atoms with Gasteiger partial charge in [0.25, 0.3) is 0 Å². The van der Waals surface area contributed by atoms with Crippen molar-refractivity contribution in [3.8, 4) is 5.88 Å². The number of likely N-dealkylation sites (tertiary alicyclic amines) is 1. The number of carbonyl (C=O) groups is 1. The van der Waals surface area contributed by atoms with E-state index in [1.807, 2.05) is 25.7 Å². The average molecular weight is 261 g/mol. The molecule has 1 fully saturated rings. The molecule has 0 unspecified atom stereocenters. The fraction of sp³-hybridized carbons (Fsp3) is 0.500. The molecule has 1 amide bonds. The van der Waals surface area contributed by atoms with Crippen LogP contribution in [0.5, 0.6) is 5.88 Å². The van der Waals surface area contributed by atoms with Crippen LogP contribution >= 0.6 is 0 Å². The highest BCUT2D eigenvalue weighted by molar-refractivity contribution is 5.88. The summed E-state index contributed by atoms with van der Waals surface area (Å²) in [5.41, 5.74) is 1.01. The molecule has 1 atom stereocenters. The van der Waals surface area contributed by atoms with Crippen molar-refractivity contribution in [2.24, 2.45) is 0 Å². The van der Waals surface area contributed by atoms with Gasteiger partial charge in [-0.25, -0.2) is 4.98 Å². The lowest BCUT2D eigenvalue weighted by Gasteiger charge is -2.15. The second kappa shape index (κ2) is 5.82. The normalized spacial score (nSPS) is 18.3. The SMILES string of the molecule is CC(C)=CC(=O)N1CC[C@@H](Oc2ccnc(C)n2)C1. The minimum atomic E-state index is 0.0174. The molecule has 1 saturated heterocycles. The molecule has 0 spiro atoms. The molecule has 1 aromatic rings. The molecule has 0 N–H and O–H groups in total. The van der Waals surface area contributed by atoms with E-state index in [-0.39, 0.29) is 12.0 Å². The van der Waals surface area contributed by atoms with E-state index in [9.17, 15) is 4.79 Å². The second-order valence-electron chi connectivity index (χ2n) is 4.98. The summed E-state index contributed by atoms with van der Waals surface area (Å²) in [5.74, 6) is 1.33. The van der Waals surface area contributed by atoms with E-state index in [0.29, 0.717) is 18.2 Å². The largest absolute Gasteiger partial charge is 0.472 e. The maximum Gasteiger partial charge on any atom is 0.246 e. The van der Waals surface area contributed by atoms with Crippen LogP contribution in [0.3, 0.4) is 0 Å². The Labute approximate surface area is 113 Å². The summed E-state index contributed by atoms with van der Waals surface area (Å²) in [5, 5.41) is 0. The quantitative estimate of drug-likeness (QED) is 0.778. The predicted octanol–water partition coefficient (Wildman–Crippen LogP) is 1.73. The van der Waals surface area contributed by atoms with Gasteiger partial charge in [-0.3, -0.25) is 4.79 Å². The van der Waals surface area contributed by atoms with Crippen LogP contribution in [0.4, 0.5) is 0 Å². The topological polar surface area (TPSA) is 55.3 Å². The molecule has 0 aliphatic carbocycles. The number of aromatic nitrogens is 2. The molecular formula is C14H19N3O2. The van der Waals surface area contributed by atoms with E-state index in [1.54, 1.807) is 18.3 Å². The van der Waals surface area contributed by atoms with Crippen LogP contribution in [-0.2, 0) is 4.79 Å². The predicted molar refractivity (Wildman–Crippen MR) is 71.8 cm³/mol. The Kier molecular flexibility index (Phi) is 4.14. The van der Waals surface area contributed by atoms with Crippen molar-refractivity contribution in [3.05, 3.63) is 29.7 Å². The van der Waals surface area contributed by atoms with Crippen LogP contribution < -0.4 is 4.74 Å². The highest BCUT2D eigenvalue weighted by Crippen LogP contribution is 2.16. The van der Waals surface area contributed by atoms with Crippen molar-refractivity contribution in [3.63, 3.8) is 0 Å². The van der Waals surface area contributed by atoms with Crippen LogP contribution in [0.1, 0.15) is 26.1 Å². The number of allylic oxidation sites excluding steroid dienone is 1. The number of ether oxygens (including phenoxy) is 1. The molecule has 0 aromatic carbocycles. The number of rotatable bonds is 3. The first-order valence-electron chi connectivity index (χ1n) is 6.44. The molecule has 2 rings (SSSR count). The number of carbonyl (C=O) groups excluding carboxylic acids is 1. The molecule has 0 saturated carbocycles. The molecule has 19 heavy (non-hydrogen) atoms. The van der Waals surface area contributed by atoms with E-state index < -0.39 is 0 Å². The first-order valence-corrected chi connectivity index (χ1v) is 6.44. The van der Waals surface area contributed by atoms with Gasteiger partial charge in [-0.1, -0.05) is 5.57 Å². The Morgan fingerprint density at radius 1 is 1.53 bits per heavy atom. The summed E-state index contributed by atoms with van der Waals surface area (Å²) in [6.07, 6.45) is 4.20. The molecule has 0 bridgehead atoms. The van der Waals surface area contributed by atoms with Crippen LogP contribution in [0.25, 0.3) is 0 Å². The number of nitrogens with zero attached hydrogens (tertiary/aromatic N) is 3. The Balaban J connectivity index is 1.92. The van der Waals surface area contributed by atoms with Gasteiger partial charge in [0, 0.05) is 31.3 Å². The van der Waals surface area contributed by atoms with Crippen molar-refractivity contribution in [2.45, 2.75) is 33.3 Å². The zero-order valence-electron chi connectivity index (χ0n) is 11.6. The van der Waals surface area contributed by atoms with Gasteiger partial charge >= 0.3 is 0 Å². The van der Waals surface area contributed by atoms with Gasteiger partial charge in [0.2, 0.25) is 11.8 Å². The average Bonchev–Trinajstić information content (AvgIpc) is 2.76. The van der Waals surface area contributed by atoms with Gasteiger partial charge in [0.15, 0.2) is 0 Å². The molecule has 5 nitrogen and oxygen atoms in total.